The van der Waals surface area contributed by atoms with E-state index in [9.17, 15) is 19.2 Å². The minimum atomic E-state index is -0.692. The lowest BCUT2D eigenvalue weighted by atomic mass is 9.97. The lowest BCUT2D eigenvalue weighted by Crippen LogP contribution is -2.53. The lowest BCUT2D eigenvalue weighted by Gasteiger charge is -2.37. The molecule has 6 rings (SSSR count). The van der Waals surface area contributed by atoms with Crippen LogP contribution in [-0.2, 0) is 19.1 Å². The number of hydrogen-bond donors (Lipinski definition) is 4. The van der Waals surface area contributed by atoms with Gasteiger partial charge in [0.05, 0.1) is 50.1 Å². The maximum atomic E-state index is 13.7. The van der Waals surface area contributed by atoms with E-state index < -0.39 is 24.3 Å². The molecule has 14 nitrogen and oxygen atoms in total. The van der Waals surface area contributed by atoms with Crippen LogP contribution in [0, 0.1) is 11.8 Å². The average molecular weight is 753 g/mol. The van der Waals surface area contributed by atoms with E-state index in [2.05, 4.69) is 74.1 Å². The van der Waals surface area contributed by atoms with E-state index in [-0.39, 0.29) is 35.7 Å². The third kappa shape index (κ3) is 8.68. The third-order valence-corrected chi connectivity index (χ3v) is 10.7. The quantitative estimate of drug-likeness (QED) is 0.132. The van der Waals surface area contributed by atoms with Gasteiger partial charge in [0.15, 0.2) is 0 Å². The van der Waals surface area contributed by atoms with Gasteiger partial charge < -0.3 is 39.9 Å². The van der Waals surface area contributed by atoms with Crippen LogP contribution < -0.4 is 10.6 Å². The van der Waals surface area contributed by atoms with Gasteiger partial charge in [-0.25, -0.2) is 19.6 Å². The van der Waals surface area contributed by atoms with Gasteiger partial charge in [-0.3, -0.25) is 9.59 Å². The van der Waals surface area contributed by atoms with Crippen molar-refractivity contribution in [2.24, 2.45) is 11.8 Å². The predicted octanol–water partition coefficient (Wildman–Crippen LogP) is 6.61. The van der Waals surface area contributed by atoms with E-state index in [1.807, 2.05) is 38.8 Å². The molecule has 14 heteroatoms. The second-order valence-electron chi connectivity index (χ2n) is 15.0. The Morgan fingerprint density at radius 3 is 1.40 bits per heavy atom. The summed E-state index contributed by atoms with van der Waals surface area (Å²) in [4.78, 5) is 71.1. The normalized spacial score (nSPS) is 18.3. The summed E-state index contributed by atoms with van der Waals surface area (Å²) in [6.07, 6.45) is 6.65. The van der Waals surface area contributed by atoms with Gasteiger partial charge in [0.25, 0.3) is 0 Å². The molecule has 4 heterocycles. The van der Waals surface area contributed by atoms with Crippen LogP contribution in [0.15, 0.2) is 60.9 Å². The molecule has 0 spiro atoms. The summed E-state index contributed by atoms with van der Waals surface area (Å²) in [5.74, 6) is 0.966. The molecule has 55 heavy (non-hydrogen) atoms. The number of methoxy groups -OCH3 is 2. The Bertz CT molecular complexity index is 1950. The third-order valence-electron chi connectivity index (χ3n) is 10.7. The van der Waals surface area contributed by atoms with Crippen LogP contribution in [0.4, 0.5) is 9.59 Å². The Labute approximate surface area is 321 Å². The van der Waals surface area contributed by atoms with Crippen LogP contribution in [0.1, 0.15) is 83.5 Å². The zero-order valence-electron chi connectivity index (χ0n) is 32.4. The summed E-state index contributed by atoms with van der Waals surface area (Å²) in [6, 6.07) is 14.7. The number of amides is 4. The van der Waals surface area contributed by atoms with Crippen molar-refractivity contribution in [3.63, 3.8) is 0 Å². The predicted molar refractivity (Wildman–Crippen MR) is 207 cm³/mol. The Kier molecular flexibility index (Phi) is 12.2. The fraction of sp³-hybridized carbons (Fsp3) is 0.463. The number of imidazole rings is 2. The standard InChI is InChI=1S/C41H52N8O6/c1-24(2)34(46-40(52)54-5)38(50)48-20-8-7-10-32(48)36-42-22-30(44-36)28-16-12-26(13-17-28)27-14-18-29(19-15-27)31-23-43-37(45-31)33-11-9-21-49(33)39(51)35(25(3)4)47-41(53)55-6/h12-19,22-25,32-35H,7-11,20-21H2,1-6H3,(H,42,44)(H,43,45)(H,46,52)(H,47,53)/t32?,33?,34-,35-/m0/s1. The largest absolute Gasteiger partial charge is 0.453 e. The molecule has 0 bridgehead atoms. The first-order chi connectivity index (χ1) is 26.5. The average Bonchev–Trinajstić information content (AvgIpc) is 4.00. The number of H-pyrrole nitrogens is 2. The summed E-state index contributed by atoms with van der Waals surface area (Å²) in [5.41, 5.74) is 5.79. The number of hydrogen-bond acceptors (Lipinski definition) is 8. The van der Waals surface area contributed by atoms with Gasteiger partial charge in [0.1, 0.15) is 23.7 Å². The summed E-state index contributed by atoms with van der Waals surface area (Å²) in [5, 5.41) is 5.41. The number of aromatic nitrogens is 4. The first kappa shape index (κ1) is 39.0. The number of carbonyl (C=O) groups is 4. The number of benzene rings is 2. The molecule has 0 aliphatic carbocycles. The Balaban J connectivity index is 1.11. The van der Waals surface area contributed by atoms with Gasteiger partial charge >= 0.3 is 12.2 Å². The highest BCUT2D eigenvalue weighted by molar-refractivity contribution is 5.87. The van der Waals surface area contributed by atoms with Gasteiger partial charge in [0, 0.05) is 13.1 Å². The van der Waals surface area contributed by atoms with Crippen LogP contribution in [-0.4, -0.2) is 93.1 Å². The summed E-state index contributed by atoms with van der Waals surface area (Å²) >= 11 is 0. The minimum Gasteiger partial charge on any atom is -0.453 e. The number of rotatable bonds is 11. The Morgan fingerprint density at radius 1 is 0.618 bits per heavy atom. The van der Waals surface area contributed by atoms with Crippen LogP contribution in [0.5, 0.6) is 0 Å². The fourth-order valence-corrected chi connectivity index (χ4v) is 7.54. The van der Waals surface area contributed by atoms with Gasteiger partial charge in [-0.1, -0.05) is 76.2 Å². The maximum Gasteiger partial charge on any atom is 0.407 e. The molecule has 292 valence electrons. The number of ether oxygens (including phenoxy) is 2. The monoisotopic (exact) mass is 752 g/mol. The molecule has 2 saturated heterocycles. The first-order valence-corrected chi connectivity index (χ1v) is 19.1. The number of nitrogens with one attached hydrogen (secondary N) is 4. The van der Waals surface area contributed by atoms with Crippen molar-refractivity contribution in [3.8, 4) is 33.6 Å². The Morgan fingerprint density at radius 2 is 1.00 bits per heavy atom. The van der Waals surface area contributed by atoms with E-state index >= 15 is 0 Å². The number of piperidine rings is 1. The van der Waals surface area contributed by atoms with E-state index in [0.29, 0.717) is 13.1 Å². The smallest absolute Gasteiger partial charge is 0.407 e. The van der Waals surface area contributed by atoms with Crippen molar-refractivity contribution in [2.75, 3.05) is 27.3 Å². The molecule has 2 fully saturated rings. The van der Waals surface area contributed by atoms with Crippen LogP contribution in [0.2, 0.25) is 0 Å². The van der Waals surface area contributed by atoms with Gasteiger partial charge in [-0.2, -0.15) is 0 Å². The molecule has 4 aromatic rings. The van der Waals surface area contributed by atoms with E-state index in [4.69, 9.17) is 14.5 Å². The molecule has 0 saturated carbocycles. The molecule has 2 unspecified atom stereocenters. The first-order valence-electron chi connectivity index (χ1n) is 19.1. The van der Waals surface area contributed by atoms with Gasteiger partial charge in [-0.05, 0) is 66.2 Å². The van der Waals surface area contributed by atoms with E-state index in [0.717, 1.165) is 77.4 Å². The van der Waals surface area contributed by atoms with Crippen molar-refractivity contribution in [1.82, 2.24) is 40.4 Å². The highest BCUT2D eigenvalue weighted by Crippen LogP contribution is 2.35. The Hall–Kier alpha value is -5.66. The van der Waals surface area contributed by atoms with Crippen molar-refractivity contribution in [2.45, 2.75) is 84.0 Å². The highest BCUT2D eigenvalue weighted by Gasteiger charge is 2.38. The second-order valence-corrected chi connectivity index (χ2v) is 15.0. The minimum absolute atomic E-state index is 0.104. The molecule has 4 N–H and O–H groups in total. The zero-order chi connectivity index (χ0) is 39.2. The van der Waals surface area contributed by atoms with Crippen molar-refractivity contribution >= 4 is 24.0 Å². The number of alkyl carbamates (subject to hydrolysis) is 2. The van der Waals surface area contributed by atoms with Crippen molar-refractivity contribution < 1.29 is 28.7 Å². The number of aromatic amines is 2. The van der Waals surface area contributed by atoms with Gasteiger partial charge in [-0.15, -0.1) is 0 Å². The molecule has 0 radical (unpaired) electrons. The second kappa shape index (κ2) is 17.2. The fourth-order valence-electron chi connectivity index (χ4n) is 7.54. The van der Waals surface area contributed by atoms with Crippen molar-refractivity contribution in [1.29, 1.82) is 0 Å². The molecular formula is C41H52N8O6. The van der Waals surface area contributed by atoms with Crippen LogP contribution >= 0.6 is 0 Å². The number of likely N-dealkylation sites (tertiary alicyclic amines) is 2. The van der Waals surface area contributed by atoms with Crippen molar-refractivity contribution in [3.05, 3.63) is 72.6 Å². The molecule has 4 amide bonds. The summed E-state index contributed by atoms with van der Waals surface area (Å²) in [6.45, 7) is 8.80. The summed E-state index contributed by atoms with van der Waals surface area (Å²) in [7, 11) is 2.58. The molecule has 2 aromatic carbocycles. The van der Waals surface area contributed by atoms with E-state index in [1.54, 1.807) is 11.1 Å². The molecule has 4 atom stereocenters. The van der Waals surface area contributed by atoms with Crippen LogP contribution in [0.25, 0.3) is 33.6 Å². The van der Waals surface area contributed by atoms with Gasteiger partial charge in [0.2, 0.25) is 11.8 Å². The highest BCUT2D eigenvalue weighted by atomic mass is 16.5. The topological polar surface area (TPSA) is 175 Å². The molecule has 2 aromatic heterocycles. The number of carbonyl (C=O) groups excluding carboxylic acids is 4. The molecule has 2 aliphatic rings. The van der Waals surface area contributed by atoms with E-state index in [1.165, 1.54) is 14.2 Å². The lowest BCUT2D eigenvalue weighted by molar-refractivity contribution is -0.138. The van der Waals surface area contributed by atoms with Crippen LogP contribution in [0.3, 0.4) is 0 Å². The zero-order valence-corrected chi connectivity index (χ0v) is 32.4. The SMILES string of the molecule is COC(=O)N[C@H](C(=O)N1CCCCC1c1ncc(-c2ccc(-c3ccc(-c4cnc(C5CCCN5C(=O)[C@@H](NC(=O)OC)C(C)C)[nH]4)cc3)cc2)[nH]1)C(C)C. The molecule has 2 aliphatic heterocycles. The summed E-state index contributed by atoms with van der Waals surface area (Å²) < 4.78 is 9.53. The number of nitrogens with zero attached hydrogens (tertiary/aromatic N) is 4. The maximum absolute atomic E-state index is 13.7. The molecular weight excluding hydrogens is 701 g/mol.